The first kappa shape index (κ1) is 16.9. The first-order chi connectivity index (χ1) is 9.95. The van der Waals surface area contributed by atoms with Crippen molar-refractivity contribution in [2.24, 2.45) is 0 Å². The van der Waals surface area contributed by atoms with Gasteiger partial charge in [0.15, 0.2) is 6.04 Å². The van der Waals surface area contributed by atoms with Gasteiger partial charge in [0.05, 0.1) is 20.3 Å². The van der Waals surface area contributed by atoms with Crippen LogP contribution in [0.4, 0.5) is 4.79 Å². The van der Waals surface area contributed by atoms with Gasteiger partial charge >= 0.3 is 18.0 Å². The Bertz CT molecular complexity index is 424. The summed E-state index contributed by atoms with van der Waals surface area (Å²) in [6, 6.07) is -1.61. The van der Waals surface area contributed by atoms with E-state index in [1.807, 2.05) is 0 Å². The number of carbonyl (C=O) groups excluding carboxylic acids is 3. The van der Waals surface area contributed by atoms with Crippen molar-refractivity contribution in [3.63, 3.8) is 0 Å². The highest BCUT2D eigenvalue weighted by molar-refractivity contribution is 5.96. The molecule has 0 aromatic rings. The summed E-state index contributed by atoms with van der Waals surface area (Å²) < 4.78 is 9.68. The largest absolute Gasteiger partial charge is 0.481 e. The van der Waals surface area contributed by atoms with Crippen LogP contribution in [0.1, 0.15) is 19.3 Å². The zero-order chi connectivity index (χ0) is 15.8. The molecule has 9 nitrogen and oxygen atoms in total. The standard InChI is InChI=1S/C12H18N2O7/c1-20-11(18)8-7-21-6-5-14(8)12(19)13-9(15)3-2-4-10(16)17/h8H,2-7H2,1H3,(H,16,17)(H,13,15,19). The molecule has 0 radical (unpaired) electrons. The van der Waals surface area contributed by atoms with Gasteiger partial charge in [-0.15, -0.1) is 0 Å². The molecule has 2 N–H and O–H groups in total. The van der Waals surface area contributed by atoms with Crippen molar-refractivity contribution in [2.45, 2.75) is 25.3 Å². The maximum Gasteiger partial charge on any atom is 0.331 e. The minimum absolute atomic E-state index is 0.00724. The third kappa shape index (κ3) is 5.38. The molecule has 1 aliphatic rings. The van der Waals surface area contributed by atoms with E-state index in [0.29, 0.717) is 0 Å². The lowest BCUT2D eigenvalue weighted by molar-refractivity contribution is -0.151. The number of ether oxygens (including phenoxy) is 2. The molecule has 3 amide bonds. The molecule has 0 aromatic carbocycles. The number of carboxylic acids is 1. The number of esters is 1. The fourth-order valence-corrected chi connectivity index (χ4v) is 1.83. The Kier molecular flexibility index (Phi) is 6.60. The van der Waals surface area contributed by atoms with Crippen molar-refractivity contribution in [1.82, 2.24) is 10.2 Å². The number of carbonyl (C=O) groups is 4. The Balaban J connectivity index is 2.50. The molecule has 118 valence electrons. The van der Waals surface area contributed by atoms with Crippen molar-refractivity contribution < 1.29 is 33.8 Å². The first-order valence-electron chi connectivity index (χ1n) is 6.43. The lowest BCUT2D eigenvalue weighted by atomic mass is 10.2. The van der Waals surface area contributed by atoms with Crippen molar-refractivity contribution in [3.05, 3.63) is 0 Å². The molecule has 0 spiro atoms. The quantitative estimate of drug-likeness (QED) is 0.647. The minimum Gasteiger partial charge on any atom is -0.481 e. The number of aliphatic carboxylic acids is 1. The normalized spacial score (nSPS) is 18.0. The van der Waals surface area contributed by atoms with E-state index in [0.717, 1.165) is 0 Å². The molecule has 1 aliphatic heterocycles. The fourth-order valence-electron chi connectivity index (χ4n) is 1.83. The summed E-state index contributed by atoms with van der Waals surface area (Å²) in [6.07, 6.45) is -0.0901. The zero-order valence-electron chi connectivity index (χ0n) is 11.7. The van der Waals surface area contributed by atoms with Gasteiger partial charge in [-0.25, -0.2) is 9.59 Å². The number of rotatable bonds is 5. The number of morpholine rings is 1. The topological polar surface area (TPSA) is 122 Å². The van der Waals surface area contributed by atoms with E-state index < -0.39 is 29.9 Å². The molecule has 0 bridgehead atoms. The predicted molar refractivity (Wildman–Crippen MR) is 68.4 cm³/mol. The lowest BCUT2D eigenvalue weighted by Crippen LogP contribution is -2.56. The highest BCUT2D eigenvalue weighted by Gasteiger charge is 2.34. The number of amides is 3. The summed E-state index contributed by atoms with van der Waals surface area (Å²) in [5.74, 6) is -2.22. The van der Waals surface area contributed by atoms with E-state index in [-0.39, 0.29) is 39.0 Å². The maximum atomic E-state index is 12.0. The molecule has 1 rings (SSSR count). The number of methoxy groups -OCH3 is 1. The van der Waals surface area contributed by atoms with Crippen LogP contribution in [-0.4, -0.2) is 66.8 Å². The number of nitrogens with one attached hydrogen (secondary N) is 1. The molecule has 1 atom stereocenters. The minimum atomic E-state index is -1.01. The number of urea groups is 1. The van der Waals surface area contributed by atoms with Gasteiger partial charge in [0.25, 0.3) is 0 Å². The number of imide groups is 1. The summed E-state index contributed by atoms with van der Waals surface area (Å²) in [5, 5.41) is 10.6. The highest BCUT2D eigenvalue weighted by Crippen LogP contribution is 2.09. The Labute approximate surface area is 121 Å². The second-order valence-corrected chi connectivity index (χ2v) is 4.41. The Hall–Kier alpha value is -2.16. The summed E-state index contributed by atoms with van der Waals surface area (Å²) in [4.78, 5) is 46.5. The average Bonchev–Trinajstić information content (AvgIpc) is 2.45. The van der Waals surface area contributed by atoms with Crippen LogP contribution in [0.5, 0.6) is 0 Å². The van der Waals surface area contributed by atoms with Crippen LogP contribution in [-0.2, 0) is 23.9 Å². The zero-order valence-corrected chi connectivity index (χ0v) is 11.7. The summed E-state index contributed by atoms with van der Waals surface area (Å²) in [5.41, 5.74) is 0. The molecule has 9 heteroatoms. The Morgan fingerprint density at radius 2 is 2.05 bits per heavy atom. The molecule has 21 heavy (non-hydrogen) atoms. The number of carboxylic acid groups (broad SMARTS) is 1. The molecule has 0 saturated carbocycles. The molecule has 1 saturated heterocycles. The number of hydrogen-bond acceptors (Lipinski definition) is 6. The van der Waals surface area contributed by atoms with Gasteiger partial charge in [-0.3, -0.25) is 14.9 Å². The second-order valence-electron chi connectivity index (χ2n) is 4.41. The third-order valence-corrected chi connectivity index (χ3v) is 2.90. The first-order valence-corrected chi connectivity index (χ1v) is 6.43. The second kappa shape index (κ2) is 8.20. The molecule has 1 unspecified atom stereocenters. The smallest absolute Gasteiger partial charge is 0.331 e. The van der Waals surface area contributed by atoms with Crippen LogP contribution < -0.4 is 5.32 Å². The lowest BCUT2D eigenvalue weighted by Gasteiger charge is -2.33. The van der Waals surface area contributed by atoms with Crippen LogP contribution >= 0.6 is 0 Å². The molecule has 0 aromatic heterocycles. The van der Waals surface area contributed by atoms with Crippen molar-refractivity contribution in [2.75, 3.05) is 26.9 Å². The molecular formula is C12H18N2O7. The van der Waals surface area contributed by atoms with Gasteiger partial charge in [-0.1, -0.05) is 0 Å². The molecular weight excluding hydrogens is 284 g/mol. The van der Waals surface area contributed by atoms with E-state index in [4.69, 9.17) is 9.84 Å². The van der Waals surface area contributed by atoms with E-state index in [2.05, 4.69) is 10.1 Å². The van der Waals surface area contributed by atoms with Gasteiger partial charge < -0.3 is 19.5 Å². The monoisotopic (exact) mass is 302 g/mol. The van der Waals surface area contributed by atoms with Crippen LogP contribution in [0.25, 0.3) is 0 Å². The predicted octanol–water partition coefficient (Wildman–Crippen LogP) is -0.649. The van der Waals surface area contributed by atoms with Gasteiger partial charge in [-0.2, -0.15) is 0 Å². The number of nitrogens with zero attached hydrogens (tertiary/aromatic N) is 1. The van der Waals surface area contributed by atoms with Crippen LogP contribution in [0.15, 0.2) is 0 Å². The molecule has 1 heterocycles. The third-order valence-electron chi connectivity index (χ3n) is 2.90. The Morgan fingerprint density at radius 1 is 1.33 bits per heavy atom. The van der Waals surface area contributed by atoms with Crippen LogP contribution in [0.2, 0.25) is 0 Å². The van der Waals surface area contributed by atoms with Crippen molar-refractivity contribution in [1.29, 1.82) is 0 Å². The van der Waals surface area contributed by atoms with Gasteiger partial charge in [0.1, 0.15) is 0 Å². The SMILES string of the molecule is COC(=O)C1COCCN1C(=O)NC(=O)CCCC(=O)O. The van der Waals surface area contributed by atoms with Crippen molar-refractivity contribution in [3.8, 4) is 0 Å². The highest BCUT2D eigenvalue weighted by atomic mass is 16.5. The van der Waals surface area contributed by atoms with E-state index in [1.54, 1.807) is 0 Å². The summed E-state index contributed by atoms with van der Waals surface area (Å²) >= 11 is 0. The van der Waals surface area contributed by atoms with Gasteiger partial charge in [0.2, 0.25) is 5.91 Å². The van der Waals surface area contributed by atoms with Crippen LogP contribution in [0.3, 0.4) is 0 Å². The Morgan fingerprint density at radius 3 is 2.67 bits per heavy atom. The van der Waals surface area contributed by atoms with E-state index in [1.165, 1.54) is 12.0 Å². The summed E-state index contributed by atoms with van der Waals surface area (Å²) in [6.45, 7) is 0.426. The van der Waals surface area contributed by atoms with Crippen molar-refractivity contribution >= 4 is 23.9 Å². The van der Waals surface area contributed by atoms with Crippen LogP contribution in [0, 0.1) is 0 Å². The van der Waals surface area contributed by atoms with E-state index >= 15 is 0 Å². The van der Waals surface area contributed by atoms with Gasteiger partial charge in [-0.05, 0) is 6.42 Å². The van der Waals surface area contributed by atoms with E-state index in [9.17, 15) is 19.2 Å². The average molecular weight is 302 g/mol. The maximum absolute atomic E-state index is 12.0. The number of hydrogen-bond donors (Lipinski definition) is 2. The fraction of sp³-hybridized carbons (Fsp3) is 0.667. The molecule has 0 aliphatic carbocycles. The summed E-state index contributed by atoms with van der Waals surface area (Å²) in [7, 11) is 1.20. The van der Waals surface area contributed by atoms with Gasteiger partial charge in [0, 0.05) is 19.4 Å². The molecule has 1 fully saturated rings.